The maximum Gasteiger partial charge on any atom is 0.573 e. The van der Waals surface area contributed by atoms with Crippen LogP contribution in [0.15, 0.2) is 72.1 Å². The monoisotopic (exact) mass is 548 g/mol. The zero-order chi connectivity index (χ0) is 27.7. The number of rotatable bonds is 6. The van der Waals surface area contributed by atoms with E-state index in [9.17, 15) is 22.8 Å². The molecule has 2 heterocycles. The Morgan fingerprint density at radius 1 is 1.11 bits per heavy atom. The highest BCUT2D eigenvalue weighted by atomic mass is 35.5. The second-order valence-corrected chi connectivity index (χ2v) is 8.36. The molecule has 8 nitrogen and oxygen atoms in total. The number of nitrogens with two attached hydrogens (primary N) is 1. The molecule has 12 heteroatoms. The zero-order valence-corrected chi connectivity index (χ0v) is 21.0. The van der Waals surface area contributed by atoms with Crippen LogP contribution in [0.1, 0.15) is 34.3 Å². The molecule has 38 heavy (non-hydrogen) atoms. The number of hydrazone groups is 1. The largest absolute Gasteiger partial charge is 0.573 e. The van der Waals surface area contributed by atoms with Crippen molar-refractivity contribution < 1.29 is 32.2 Å². The van der Waals surface area contributed by atoms with Gasteiger partial charge in [-0.05, 0) is 72.5 Å². The molecule has 0 unspecified atom stereocenters. The number of amides is 1. The average Bonchev–Trinajstić information content (AvgIpc) is 2.90. The van der Waals surface area contributed by atoms with E-state index in [2.05, 4.69) is 14.8 Å². The van der Waals surface area contributed by atoms with E-state index in [1.165, 1.54) is 30.4 Å². The molecule has 3 aromatic rings. The third-order valence-electron chi connectivity index (χ3n) is 5.26. The maximum absolute atomic E-state index is 12.7. The first-order valence-electron chi connectivity index (χ1n) is 11.3. The lowest BCUT2D eigenvalue weighted by molar-refractivity contribution is -0.275. The summed E-state index contributed by atoms with van der Waals surface area (Å²) >= 11 is 5.12. The molecule has 0 radical (unpaired) electrons. The number of carbonyl (C=O) groups excluding carboxylic acids is 2. The molecule has 1 aromatic heterocycles. The molecule has 200 valence electrons. The number of methoxy groups -OCH3 is 1. The van der Waals surface area contributed by atoms with Gasteiger partial charge in [0, 0.05) is 30.2 Å². The molecule has 1 amide bonds. The topological polar surface area (TPSA) is 107 Å². The molecular formula is C26H24ClF3N4O4. The van der Waals surface area contributed by atoms with Crippen LogP contribution < -0.4 is 15.2 Å². The Morgan fingerprint density at radius 2 is 1.84 bits per heavy atom. The number of nitrogens with zero attached hydrogens (tertiary/aromatic N) is 3. The van der Waals surface area contributed by atoms with Gasteiger partial charge in [0.15, 0.2) is 11.5 Å². The van der Waals surface area contributed by atoms with Crippen molar-refractivity contribution in [1.82, 2.24) is 9.99 Å². The van der Waals surface area contributed by atoms with Crippen LogP contribution in [0.2, 0.25) is 0 Å². The van der Waals surface area contributed by atoms with Crippen molar-refractivity contribution >= 4 is 34.1 Å². The second-order valence-electron chi connectivity index (χ2n) is 8.01. The highest BCUT2D eigenvalue weighted by Crippen LogP contribution is 2.33. The van der Waals surface area contributed by atoms with Crippen molar-refractivity contribution in [1.29, 1.82) is 0 Å². The molecule has 2 aromatic carbocycles. The van der Waals surface area contributed by atoms with E-state index in [4.69, 9.17) is 22.1 Å². The van der Waals surface area contributed by atoms with Gasteiger partial charge in [0.1, 0.15) is 0 Å². The third-order valence-corrected chi connectivity index (χ3v) is 5.48. The summed E-state index contributed by atoms with van der Waals surface area (Å²) in [6.45, 7) is 0.444. The Kier molecular flexibility index (Phi) is 9.66. The Balaban J connectivity index is 0.000000375. The molecule has 4 rings (SSSR count). The number of nitrogen functional groups attached to an aromatic ring is 1. The molecule has 0 spiro atoms. The minimum absolute atomic E-state index is 0.0428. The quantitative estimate of drug-likeness (QED) is 0.335. The van der Waals surface area contributed by atoms with Crippen LogP contribution in [0.4, 0.5) is 18.9 Å². The molecule has 2 N–H and O–H groups in total. The minimum atomic E-state index is -4.85. The Labute approximate surface area is 221 Å². The minimum Gasteiger partial charge on any atom is -0.493 e. The van der Waals surface area contributed by atoms with Crippen molar-refractivity contribution in [2.75, 3.05) is 19.4 Å². The predicted molar refractivity (Wildman–Crippen MR) is 136 cm³/mol. The van der Waals surface area contributed by atoms with Gasteiger partial charge < -0.3 is 15.2 Å². The first-order chi connectivity index (χ1) is 18.1. The Hall–Kier alpha value is -4.12. The summed E-state index contributed by atoms with van der Waals surface area (Å²) in [5, 5.41) is 5.24. The zero-order valence-electron chi connectivity index (χ0n) is 20.2. The van der Waals surface area contributed by atoms with E-state index in [1.807, 2.05) is 0 Å². The summed E-state index contributed by atoms with van der Waals surface area (Å²) < 4.78 is 47.0. The SMILES string of the molecule is COc1ccc(C2=NN(C(=O)Cc3ccc(N)cc3)CCC2)cc1OC(F)(F)F.O=C(Cl)c1cccnc1. The molecule has 0 bridgehead atoms. The lowest BCUT2D eigenvalue weighted by Gasteiger charge is -2.24. The summed E-state index contributed by atoms with van der Waals surface area (Å²) in [5.74, 6) is -0.698. The number of alkyl halides is 3. The lowest BCUT2D eigenvalue weighted by Crippen LogP contribution is -2.33. The predicted octanol–water partition coefficient (Wildman–Crippen LogP) is 5.21. The molecule has 1 aliphatic heterocycles. The van der Waals surface area contributed by atoms with E-state index in [1.54, 1.807) is 48.7 Å². The first-order valence-corrected chi connectivity index (χ1v) is 11.7. The number of anilines is 1. The second kappa shape index (κ2) is 12.9. The number of ether oxygens (including phenoxy) is 2. The van der Waals surface area contributed by atoms with Crippen molar-refractivity contribution in [2.45, 2.75) is 25.6 Å². The molecular weight excluding hydrogens is 525 g/mol. The van der Waals surface area contributed by atoms with Gasteiger partial charge in [0.2, 0.25) is 5.91 Å². The van der Waals surface area contributed by atoms with Gasteiger partial charge in [0.05, 0.1) is 24.8 Å². The fourth-order valence-corrected chi connectivity index (χ4v) is 3.58. The number of hydrogen-bond donors (Lipinski definition) is 1. The van der Waals surface area contributed by atoms with E-state index in [-0.39, 0.29) is 18.1 Å². The number of aromatic nitrogens is 1. The van der Waals surface area contributed by atoms with Crippen LogP contribution in [0.3, 0.4) is 0 Å². The number of benzene rings is 2. The molecule has 0 saturated carbocycles. The summed E-state index contributed by atoms with van der Waals surface area (Å²) in [6.07, 6.45) is -0.501. The van der Waals surface area contributed by atoms with Crippen LogP contribution in [0, 0.1) is 0 Å². The lowest BCUT2D eigenvalue weighted by atomic mass is 10.0. The normalized spacial score (nSPS) is 13.1. The van der Waals surface area contributed by atoms with Gasteiger partial charge in [-0.2, -0.15) is 5.10 Å². The van der Waals surface area contributed by atoms with Crippen molar-refractivity contribution in [3.63, 3.8) is 0 Å². The molecule has 0 aliphatic carbocycles. The van der Waals surface area contributed by atoms with Gasteiger partial charge in [-0.1, -0.05) is 12.1 Å². The van der Waals surface area contributed by atoms with Crippen molar-refractivity contribution in [2.24, 2.45) is 5.10 Å². The number of halogens is 4. The Bertz CT molecular complexity index is 1290. The van der Waals surface area contributed by atoms with Gasteiger partial charge in [0.25, 0.3) is 5.24 Å². The molecule has 0 saturated heterocycles. The van der Waals surface area contributed by atoms with E-state index in [0.29, 0.717) is 41.9 Å². The standard InChI is InChI=1S/C20H20F3N3O3.C6H4ClNO/c1-28-17-9-6-14(12-18(17)29-20(21,22)23)16-3-2-10-26(25-16)19(27)11-13-4-7-15(24)8-5-13;7-6(9)5-2-1-3-8-4-5/h4-9,12H,2-3,10-11,24H2,1H3;1-4H. The number of hydrogen-bond acceptors (Lipinski definition) is 7. The smallest absolute Gasteiger partial charge is 0.493 e. The molecule has 1 aliphatic rings. The molecule has 0 atom stereocenters. The van der Waals surface area contributed by atoms with Gasteiger partial charge in [-0.3, -0.25) is 14.6 Å². The number of pyridine rings is 1. The maximum atomic E-state index is 12.7. The fraction of sp³-hybridized carbons (Fsp3) is 0.231. The van der Waals surface area contributed by atoms with Crippen LogP contribution >= 0.6 is 11.6 Å². The first kappa shape index (κ1) is 28.5. The van der Waals surface area contributed by atoms with Crippen molar-refractivity contribution in [3.8, 4) is 11.5 Å². The fourth-order valence-electron chi connectivity index (χ4n) is 3.47. The highest BCUT2D eigenvalue weighted by molar-refractivity contribution is 6.67. The summed E-state index contributed by atoms with van der Waals surface area (Å²) in [4.78, 5) is 26.6. The van der Waals surface area contributed by atoms with E-state index >= 15 is 0 Å². The van der Waals surface area contributed by atoms with E-state index < -0.39 is 17.4 Å². The highest BCUT2D eigenvalue weighted by Gasteiger charge is 2.33. The number of carbonyl (C=O) groups is 2. The van der Waals surface area contributed by atoms with Gasteiger partial charge in [-0.25, -0.2) is 5.01 Å². The average molecular weight is 549 g/mol. The van der Waals surface area contributed by atoms with E-state index in [0.717, 1.165) is 5.56 Å². The summed E-state index contributed by atoms with van der Waals surface area (Å²) in [7, 11) is 1.26. The van der Waals surface area contributed by atoms with Crippen LogP contribution in [0.5, 0.6) is 11.5 Å². The van der Waals surface area contributed by atoms with Gasteiger partial charge in [-0.15, -0.1) is 13.2 Å². The Morgan fingerprint density at radius 3 is 2.42 bits per heavy atom. The van der Waals surface area contributed by atoms with Crippen LogP contribution in [-0.4, -0.2) is 46.9 Å². The molecule has 0 fully saturated rings. The van der Waals surface area contributed by atoms with Crippen LogP contribution in [0.25, 0.3) is 0 Å². The van der Waals surface area contributed by atoms with Crippen LogP contribution in [-0.2, 0) is 11.2 Å². The summed E-state index contributed by atoms with van der Waals surface area (Å²) in [6, 6.07) is 14.4. The van der Waals surface area contributed by atoms with Gasteiger partial charge >= 0.3 is 6.36 Å². The summed E-state index contributed by atoms with van der Waals surface area (Å²) in [5.41, 5.74) is 8.44. The third kappa shape index (κ3) is 8.48. The van der Waals surface area contributed by atoms with Crippen molar-refractivity contribution in [3.05, 3.63) is 83.7 Å².